The summed E-state index contributed by atoms with van der Waals surface area (Å²) in [6.07, 6.45) is 0. The van der Waals surface area contributed by atoms with E-state index in [1.807, 2.05) is 25.1 Å². The summed E-state index contributed by atoms with van der Waals surface area (Å²) < 4.78 is 3.18. The topological polar surface area (TPSA) is 56.9 Å². The van der Waals surface area contributed by atoms with Gasteiger partial charge in [-0.05, 0) is 19.9 Å². The first kappa shape index (κ1) is 12.6. The molecule has 0 aliphatic rings. The van der Waals surface area contributed by atoms with Gasteiger partial charge in [0.2, 0.25) is 0 Å². The van der Waals surface area contributed by atoms with Crippen LogP contribution in [0.5, 0.6) is 0 Å². The van der Waals surface area contributed by atoms with E-state index in [0.29, 0.717) is 11.0 Å². The van der Waals surface area contributed by atoms with E-state index >= 15 is 0 Å². The van der Waals surface area contributed by atoms with Crippen LogP contribution in [0.4, 0.5) is 0 Å². The molecule has 0 amide bonds. The second-order valence-corrected chi connectivity index (χ2v) is 5.05. The Bertz CT molecular complexity index is 903. The molecule has 5 nitrogen and oxygen atoms in total. The van der Waals surface area contributed by atoms with Crippen molar-refractivity contribution in [2.45, 2.75) is 20.4 Å². The molecule has 3 rings (SSSR count). The molecule has 0 bridgehead atoms. The molecule has 3 aromatic rings. The summed E-state index contributed by atoms with van der Waals surface area (Å²) in [5.41, 5.74) is 1.41. The summed E-state index contributed by atoms with van der Waals surface area (Å²) in [5.74, 6) is -0.0532. The van der Waals surface area contributed by atoms with Crippen molar-refractivity contribution >= 4 is 27.6 Å². The lowest BCUT2D eigenvalue weighted by Crippen LogP contribution is -2.25. The summed E-state index contributed by atoms with van der Waals surface area (Å²) in [7, 11) is 1.79. The number of fused-ring (bicyclic) bond motifs is 3. The molecule has 0 saturated heterocycles. The predicted octanol–water partition coefficient (Wildman–Crippen LogP) is 1.79. The van der Waals surface area contributed by atoms with E-state index in [1.54, 1.807) is 17.8 Å². The first-order chi connectivity index (χ1) is 9.50. The number of carbonyl (C=O) groups is 1. The molecule has 0 aliphatic carbocycles. The van der Waals surface area contributed by atoms with Gasteiger partial charge in [-0.2, -0.15) is 5.10 Å². The van der Waals surface area contributed by atoms with Crippen LogP contribution >= 0.6 is 0 Å². The number of benzene rings is 1. The van der Waals surface area contributed by atoms with Gasteiger partial charge < -0.3 is 0 Å². The number of aryl methyl sites for hydroxylation is 2. The van der Waals surface area contributed by atoms with Gasteiger partial charge in [0.1, 0.15) is 11.4 Å². The van der Waals surface area contributed by atoms with Crippen LogP contribution in [-0.2, 0) is 18.4 Å². The zero-order valence-corrected chi connectivity index (χ0v) is 11.7. The lowest BCUT2D eigenvalue weighted by atomic mass is 10.1. The maximum Gasteiger partial charge on any atom is 0.260 e. The standard InChI is InChI=1S/C15H15N3O2/c1-9(19)8-18-14-13(10(2)16-17(14)3)11-6-4-5-7-12(11)15(18)20/h4-7H,8H2,1-3H3. The number of rotatable bonds is 2. The highest BCUT2D eigenvalue weighted by molar-refractivity contribution is 6.06. The average molecular weight is 269 g/mol. The van der Waals surface area contributed by atoms with Crippen LogP contribution < -0.4 is 5.56 Å². The second-order valence-electron chi connectivity index (χ2n) is 5.05. The van der Waals surface area contributed by atoms with E-state index in [9.17, 15) is 9.59 Å². The second kappa shape index (κ2) is 4.30. The first-order valence-electron chi connectivity index (χ1n) is 6.45. The minimum absolute atomic E-state index is 0.0532. The fourth-order valence-corrected chi connectivity index (χ4v) is 2.77. The van der Waals surface area contributed by atoms with Crippen LogP contribution in [0.25, 0.3) is 21.8 Å². The monoisotopic (exact) mass is 269 g/mol. The van der Waals surface area contributed by atoms with E-state index in [0.717, 1.165) is 16.5 Å². The van der Waals surface area contributed by atoms with Crippen molar-refractivity contribution in [2.75, 3.05) is 0 Å². The molecule has 20 heavy (non-hydrogen) atoms. The van der Waals surface area contributed by atoms with E-state index < -0.39 is 0 Å². The quantitative estimate of drug-likeness (QED) is 0.712. The largest absolute Gasteiger partial charge is 0.298 e. The maximum absolute atomic E-state index is 12.6. The van der Waals surface area contributed by atoms with Gasteiger partial charge in [-0.15, -0.1) is 0 Å². The summed E-state index contributed by atoms with van der Waals surface area (Å²) in [6, 6.07) is 7.45. The highest BCUT2D eigenvalue weighted by Crippen LogP contribution is 2.25. The third kappa shape index (κ3) is 1.66. The molecule has 1 aromatic carbocycles. The normalized spacial score (nSPS) is 11.3. The Labute approximate surface area is 115 Å². The SMILES string of the molecule is CC(=O)Cn1c(=O)c2ccccc2c2c(C)nn(C)c21. The molecular formula is C15H15N3O2. The summed E-state index contributed by atoms with van der Waals surface area (Å²) in [4.78, 5) is 24.1. The van der Waals surface area contributed by atoms with Crippen molar-refractivity contribution in [1.29, 1.82) is 0 Å². The van der Waals surface area contributed by atoms with Crippen molar-refractivity contribution in [1.82, 2.24) is 14.3 Å². The highest BCUT2D eigenvalue weighted by atomic mass is 16.1. The van der Waals surface area contributed by atoms with E-state index in [-0.39, 0.29) is 17.9 Å². The number of carbonyl (C=O) groups excluding carboxylic acids is 1. The van der Waals surface area contributed by atoms with Crippen molar-refractivity contribution in [3.63, 3.8) is 0 Å². The number of aromatic nitrogens is 3. The molecular weight excluding hydrogens is 254 g/mol. The van der Waals surface area contributed by atoms with Crippen LogP contribution in [0.2, 0.25) is 0 Å². The van der Waals surface area contributed by atoms with Gasteiger partial charge in [-0.1, -0.05) is 18.2 Å². The van der Waals surface area contributed by atoms with E-state index in [2.05, 4.69) is 5.10 Å². The fourth-order valence-electron chi connectivity index (χ4n) is 2.77. The first-order valence-corrected chi connectivity index (χ1v) is 6.45. The minimum Gasteiger partial charge on any atom is -0.298 e. The van der Waals surface area contributed by atoms with Crippen molar-refractivity contribution < 1.29 is 4.79 Å². The fraction of sp³-hybridized carbons (Fsp3) is 0.267. The van der Waals surface area contributed by atoms with Gasteiger partial charge >= 0.3 is 0 Å². The van der Waals surface area contributed by atoms with Gasteiger partial charge in [0.05, 0.1) is 12.2 Å². The summed E-state index contributed by atoms with van der Waals surface area (Å²) in [6.45, 7) is 3.47. The Hall–Kier alpha value is -2.43. The lowest BCUT2D eigenvalue weighted by molar-refractivity contribution is -0.117. The Morgan fingerprint density at radius 3 is 2.55 bits per heavy atom. The van der Waals surface area contributed by atoms with Crippen molar-refractivity contribution in [3.05, 3.63) is 40.3 Å². The molecule has 0 N–H and O–H groups in total. The zero-order chi connectivity index (χ0) is 14.4. The minimum atomic E-state index is -0.147. The molecule has 0 aliphatic heterocycles. The molecule has 0 unspecified atom stereocenters. The molecule has 0 saturated carbocycles. The molecule has 102 valence electrons. The van der Waals surface area contributed by atoms with Gasteiger partial charge in [-0.3, -0.25) is 18.8 Å². The third-order valence-corrected chi connectivity index (χ3v) is 3.50. The molecule has 0 atom stereocenters. The van der Waals surface area contributed by atoms with Crippen LogP contribution in [0, 0.1) is 6.92 Å². The number of ketones is 1. The van der Waals surface area contributed by atoms with Gasteiger partial charge in [0.15, 0.2) is 0 Å². The van der Waals surface area contributed by atoms with Crippen LogP contribution in [0.1, 0.15) is 12.6 Å². The lowest BCUT2D eigenvalue weighted by Gasteiger charge is -2.10. The summed E-state index contributed by atoms with van der Waals surface area (Å²) >= 11 is 0. The van der Waals surface area contributed by atoms with Crippen LogP contribution in [0.3, 0.4) is 0 Å². The molecule has 5 heteroatoms. The number of hydrogen-bond donors (Lipinski definition) is 0. The predicted molar refractivity (Wildman–Crippen MR) is 77.9 cm³/mol. The number of Topliss-reactive ketones (excluding diaryl/α,β-unsaturated/α-hetero) is 1. The zero-order valence-electron chi connectivity index (χ0n) is 11.7. The van der Waals surface area contributed by atoms with E-state index in [1.165, 1.54) is 11.5 Å². The molecule has 2 heterocycles. The molecule has 0 fully saturated rings. The van der Waals surface area contributed by atoms with Crippen LogP contribution in [-0.4, -0.2) is 20.1 Å². The van der Waals surface area contributed by atoms with E-state index in [4.69, 9.17) is 0 Å². The van der Waals surface area contributed by atoms with Crippen LogP contribution in [0.15, 0.2) is 29.1 Å². The Kier molecular flexibility index (Phi) is 2.71. The molecule has 0 spiro atoms. The Balaban J connectivity index is 2.61. The summed E-state index contributed by atoms with van der Waals surface area (Å²) in [5, 5.41) is 6.84. The van der Waals surface area contributed by atoms with Gasteiger partial charge in [-0.25, -0.2) is 0 Å². The Morgan fingerprint density at radius 1 is 1.25 bits per heavy atom. The van der Waals surface area contributed by atoms with Gasteiger partial charge in [0, 0.05) is 23.2 Å². The van der Waals surface area contributed by atoms with Crippen molar-refractivity contribution in [2.24, 2.45) is 7.05 Å². The number of pyridine rings is 1. The maximum atomic E-state index is 12.6. The molecule has 2 aromatic heterocycles. The van der Waals surface area contributed by atoms with Crippen molar-refractivity contribution in [3.8, 4) is 0 Å². The Morgan fingerprint density at radius 2 is 1.90 bits per heavy atom. The number of hydrogen-bond acceptors (Lipinski definition) is 3. The third-order valence-electron chi connectivity index (χ3n) is 3.50. The smallest absolute Gasteiger partial charge is 0.260 e. The average Bonchev–Trinajstić information content (AvgIpc) is 2.69. The highest BCUT2D eigenvalue weighted by Gasteiger charge is 2.17. The molecule has 0 radical (unpaired) electrons. The number of nitrogens with zero attached hydrogens (tertiary/aromatic N) is 3. The van der Waals surface area contributed by atoms with Gasteiger partial charge in [0.25, 0.3) is 5.56 Å².